The van der Waals surface area contributed by atoms with Crippen LogP contribution in [0.4, 0.5) is 0 Å². The molecule has 0 atom stereocenters. The molecule has 2 aromatic rings. The van der Waals surface area contributed by atoms with Crippen LogP contribution in [-0.4, -0.2) is 10.5 Å². The summed E-state index contributed by atoms with van der Waals surface area (Å²) in [4.78, 5) is 16.8. The van der Waals surface area contributed by atoms with Gasteiger partial charge in [-0.2, -0.15) is 4.99 Å². The number of carbonyl (C=O) groups excluding carboxylic acids is 1. The molecule has 3 rings (SSSR count). The number of amides is 1. The Morgan fingerprint density at radius 3 is 3.00 bits per heavy atom. The van der Waals surface area contributed by atoms with Gasteiger partial charge in [0, 0.05) is 10.9 Å². The maximum absolute atomic E-state index is 11.9. The van der Waals surface area contributed by atoms with E-state index in [1.807, 2.05) is 23.6 Å². The van der Waals surface area contributed by atoms with Crippen LogP contribution in [0.15, 0.2) is 17.1 Å². The number of benzene rings is 1. The molecular formula is C15H13ClN2OS. The van der Waals surface area contributed by atoms with Crippen molar-refractivity contribution in [1.29, 1.82) is 0 Å². The van der Waals surface area contributed by atoms with Crippen LogP contribution in [0.3, 0.4) is 0 Å². The maximum atomic E-state index is 11.9. The van der Waals surface area contributed by atoms with Gasteiger partial charge in [-0.1, -0.05) is 28.9 Å². The molecule has 0 spiro atoms. The second-order valence-electron chi connectivity index (χ2n) is 4.92. The number of hydrogen-bond donors (Lipinski definition) is 0. The summed E-state index contributed by atoms with van der Waals surface area (Å²) in [7, 11) is 0. The minimum atomic E-state index is -0.0360. The standard InChI is InChI=1S/C15H13ClN2OS/c1-3-8-18-13-9(2)11(16)6-7-12(13)20-15(18)17-14(19)10-4-5-10/h1,6-7,10H,4-5,8H2,2H3. The summed E-state index contributed by atoms with van der Waals surface area (Å²) >= 11 is 7.66. The van der Waals surface area contributed by atoms with Gasteiger partial charge in [0.25, 0.3) is 5.91 Å². The molecule has 0 aliphatic heterocycles. The molecule has 102 valence electrons. The zero-order valence-electron chi connectivity index (χ0n) is 11.0. The van der Waals surface area contributed by atoms with Crippen molar-refractivity contribution in [3.8, 4) is 12.3 Å². The van der Waals surface area contributed by atoms with Crippen molar-refractivity contribution in [2.45, 2.75) is 26.3 Å². The highest BCUT2D eigenvalue weighted by atomic mass is 35.5. The summed E-state index contributed by atoms with van der Waals surface area (Å²) in [6.45, 7) is 2.34. The first-order valence-electron chi connectivity index (χ1n) is 6.42. The van der Waals surface area contributed by atoms with Gasteiger partial charge in [-0.3, -0.25) is 4.79 Å². The van der Waals surface area contributed by atoms with Gasteiger partial charge in [0.05, 0.1) is 16.8 Å². The molecule has 1 fully saturated rings. The third-order valence-electron chi connectivity index (χ3n) is 3.41. The Morgan fingerprint density at radius 2 is 2.35 bits per heavy atom. The fraction of sp³-hybridized carbons (Fsp3) is 0.333. The monoisotopic (exact) mass is 304 g/mol. The van der Waals surface area contributed by atoms with Crippen LogP contribution < -0.4 is 4.80 Å². The minimum absolute atomic E-state index is 0.0360. The van der Waals surface area contributed by atoms with Crippen molar-refractivity contribution in [2.24, 2.45) is 10.9 Å². The maximum Gasteiger partial charge on any atom is 0.251 e. The fourth-order valence-corrected chi connectivity index (χ4v) is 3.40. The second kappa shape index (κ2) is 5.08. The fourth-order valence-electron chi connectivity index (χ4n) is 2.15. The molecule has 0 bridgehead atoms. The van der Waals surface area contributed by atoms with Crippen molar-refractivity contribution >= 4 is 39.1 Å². The summed E-state index contributed by atoms with van der Waals surface area (Å²) < 4.78 is 2.95. The molecule has 5 heteroatoms. The largest absolute Gasteiger partial charge is 0.304 e. The second-order valence-corrected chi connectivity index (χ2v) is 6.33. The number of hydrogen-bond acceptors (Lipinski definition) is 2. The van der Waals surface area contributed by atoms with E-state index >= 15 is 0 Å². The Hall–Kier alpha value is -1.57. The highest BCUT2D eigenvalue weighted by molar-refractivity contribution is 7.16. The number of aryl methyl sites for hydroxylation is 1. The average molecular weight is 305 g/mol. The van der Waals surface area contributed by atoms with Gasteiger partial charge in [0.15, 0.2) is 4.80 Å². The Labute approximate surface area is 125 Å². The van der Waals surface area contributed by atoms with Crippen LogP contribution in [0.5, 0.6) is 0 Å². The van der Waals surface area contributed by atoms with Crippen LogP contribution in [-0.2, 0) is 11.3 Å². The first kappa shape index (κ1) is 13.4. The van der Waals surface area contributed by atoms with Crippen LogP contribution in [0, 0.1) is 25.2 Å². The number of halogens is 1. The zero-order chi connectivity index (χ0) is 14.3. The van der Waals surface area contributed by atoms with E-state index in [-0.39, 0.29) is 11.8 Å². The smallest absolute Gasteiger partial charge is 0.251 e. The lowest BCUT2D eigenvalue weighted by Gasteiger charge is -2.04. The zero-order valence-corrected chi connectivity index (χ0v) is 12.6. The SMILES string of the molecule is C#CCn1c(=NC(=O)C2CC2)sc2ccc(Cl)c(C)c21. The first-order valence-corrected chi connectivity index (χ1v) is 7.61. The molecule has 1 amide bonds. The number of thiazole rings is 1. The van der Waals surface area contributed by atoms with Crippen molar-refractivity contribution in [3.05, 3.63) is 27.5 Å². The highest BCUT2D eigenvalue weighted by Gasteiger charge is 2.29. The number of fused-ring (bicyclic) bond motifs is 1. The van der Waals surface area contributed by atoms with E-state index in [9.17, 15) is 4.79 Å². The van der Waals surface area contributed by atoms with E-state index < -0.39 is 0 Å². The number of terminal acetylenes is 1. The molecule has 1 saturated carbocycles. The summed E-state index contributed by atoms with van der Waals surface area (Å²) in [5.41, 5.74) is 1.94. The molecule has 0 radical (unpaired) electrons. The quantitative estimate of drug-likeness (QED) is 0.785. The Morgan fingerprint density at radius 1 is 1.60 bits per heavy atom. The van der Waals surface area contributed by atoms with Crippen molar-refractivity contribution in [3.63, 3.8) is 0 Å². The predicted molar refractivity (Wildman–Crippen MR) is 81.7 cm³/mol. The van der Waals surface area contributed by atoms with Gasteiger partial charge in [0.2, 0.25) is 0 Å². The van der Waals surface area contributed by atoms with E-state index in [0.717, 1.165) is 28.6 Å². The summed E-state index contributed by atoms with van der Waals surface area (Å²) in [5, 5.41) is 0.696. The molecule has 1 aliphatic carbocycles. The Balaban J connectivity index is 2.26. The average Bonchev–Trinajstić information content (AvgIpc) is 3.21. The third kappa shape index (κ3) is 2.28. The first-order chi connectivity index (χ1) is 9.61. The lowest BCUT2D eigenvalue weighted by Crippen LogP contribution is -2.17. The van der Waals surface area contributed by atoms with Gasteiger partial charge in [-0.05, 0) is 37.5 Å². The van der Waals surface area contributed by atoms with Crippen LogP contribution >= 0.6 is 22.9 Å². The highest BCUT2D eigenvalue weighted by Crippen LogP contribution is 2.30. The van der Waals surface area contributed by atoms with Crippen LogP contribution in [0.25, 0.3) is 10.2 Å². The molecule has 20 heavy (non-hydrogen) atoms. The van der Waals surface area contributed by atoms with Crippen molar-refractivity contribution in [1.82, 2.24) is 4.57 Å². The van der Waals surface area contributed by atoms with Gasteiger partial charge < -0.3 is 4.57 Å². The number of rotatable bonds is 2. The molecule has 1 aliphatic rings. The lowest BCUT2D eigenvalue weighted by atomic mass is 10.2. The number of aromatic nitrogens is 1. The molecule has 3 nitrogen and oxygen atoms in total. The molecule has 0 N–H and O–H groups in total. The van der Waals surface area contributed by atoms with Crippen molar-refractivity contribution in [2.75, 3.05) is 0 Å². The molecule has 1 aromatic heterocycles. The number of carbonyl (C=O) groups is 1. The van der Waals surface area contributed by atoms with Gasteiger partial charge in [0.1, 0.15) is 0 Å². The van der Waals surface area contributed by atoms with Crippen LogP contribution in [0.1, 0.15) is 18.4 Å². The van der Waals surface area contributed by atoms with Crippen LogP contribution in [0.2, 0.25) is 5.02 Å². The van der Waals surface area contributed by atoms with E-state index in [2.05, 4.69) is 10.9 Å². The molecular weight excluding hydrogens is 292 g/mol. The minimum Gasteiger partial charge on any atom is -0.304 e. The van der Waals surface area contributed by atoms with Crippen molar-refractivity contribution < 1.29 is 4.79 Å². The topological polar surface area (TPSA) is 34.4 Å². The van der Waals surface area contributed by atoms with E-state index in [1.54, 1.807) is 0 Å². The van der Waals surface area contributed by atoms with E-state index in [0.29, 0.717) is 16.4 Å². The summed E-state index contributed by atoms with van der Waals surface area (Å²) in [6.07, 6.45) is 7.35. The van der Waals surface area contributed by atoms with Gasteiger partial charge in [-0.25, -0.2) is 0 Å². The molecule has 0 unspecified atom stereocenters. The Bertz CT molecular complexity index is 806. The molecule has 1 aromatic carbocycles. The lowest BCUT2D eigenvalue weighted by molar-refractivity contribution is -0.119. The normalized spacial score (nSPS) is 15.6. The van der Waals surface area contributed by atoms with Gasteiger partial charge >= 0.3 is 0 Å². The molecule has 0 saturated heterocycles. The third-order valence-corrected chi connectivity index (χ3v) is 4.86. The molecule has 1 heterocycles. The summed E-state index contributed by atoms with van der Waals surface area (Å²) in [6, 6.07) is 3.81. The Kier molecular flexibility index (Phi) is 3.41. The number of nitrogens with zero attached hydrogens (tertiary/aromatic N) is 2. The van der Waals surface area contributed by atoms with E-state index in [4.69, 9.17) is 18.0 Å². The van der Waals surface area contributed by atoms with E-state index in [1.165, 1.54) is 11.3 Å². The predicted octanol–water partition coefficient (Wildman–Crippen LogP) is 3.14. The van der Waals surface area contributed by atoms with Gasteiger partial charge in [-0.15, -0.1) is 6.42 Å². The summed E-state index contributed by atoms with van der Waals surface area (Å²) in [5.74, 6) is 2.70.